The molecular formula is C21H12Br2Cl2N2O6. The largest absolute Gasteiger partial charge is 0.506 e. The molecule has 0 aromatic heterocycles. The zero-order chi connectivity index (χ0) is 24.7. The van der Waals surface area contributed by atoms with Gasteiger partial charge in [0.05, 0.1) is 37.6 Å². The number of methoxy groups -OCH3 is 1. The molecule has 0 amide bonds. The topological polar surface area (TPSA) is 123 Å². The lowest BCUT2D eigenvalue weighted by Crippen LogP contribution is -2.05. The number of nitro groups is 1. The molecule has 0 aliphatic carbocycles. The second kappa shape index (κ2) is 11.9. The van der Waals surface area contributed by atoms with Gasteiger partial charge in [0, 0.05) is 17.2 Å². The first kappa shape index (κ1) is 26.4. The maximum atomic E-state index is 11.6. The average Bonchev–Trinajstić information content (AvgIpc) is 2.78. The maximum absolute atomic E-state index is 11.6. The Morgan fingerprint density at radius 3 is 2.27 bits per heavy atom. The fourth-order valence-electron chi connectivity index (χ4n) is 2.33. The number of halogens is 4. The molecule has 0 aliphatic rings. The Morgan fingerprint density at radius 2 is 1.76 bits per heavy atom. The number of ether oxygens (including phenoxy) is 2. The van der Waals surface area contributed by atoms with Crippen LogP contribution in [0.1, 0.15) is 15.9 Å². The number of nitriles is 1. The lowest BCUT2D eigenvalue weighted by Gasteiger charge is -2.09. The van der Waals surface area contributed by atoms with Crippen LogP contribution in [0.5, 0.6) is 17.2 Å². The van der Waals surface area contributed by atoms with Crippen molar-refractivity contribution in [3.8, 4) is 23.3 Å². The minimum atomic E-state index is -0.834. The number of rotatable bonds is 4. The van der Waals surface area contributed by atoms with Gasteiger partial charge in [0.15, 0.2) is 0 Å². The molecule has 12 heteroatoms. The molecule has 0 saturated carbocycles. The van der Waals surface area contributed by atoms with E-state index in [1.807, 2.05) is 6.07 Å². The molecule has 3 aromatic rings. The lowest BCUT2D eigenvalue weighted by atomic mass is 10.1. The van der Waals surface area contributed by atoms with E-state index in [0.29, 0.717) is 25.3 Å². The van der Waals surface area contributed by atoms with E-state index < -0.39 is 10.9 Å². The van der Waals surface area contributed by atoms with Gasteiger partial charge in [0.2, 0.25) is 0 Å². The minimum Gasteiger partial charge on any atom is -0.506 e. The van der Waals surface area contributed by atoms with Crippen LogP contribution in [0.4, 0.5) is 5.69 Å². The van der Waals surface area contributed by atoms with Crippen LogP contribution in [0.25, 0.3) is 0 Å². The van der Waals surface area contributed by atoms with Gasteiger partial charge in [0.1, 0.15) is 22.8 Å². The van der Waals surface area contributed by atoms with Crippen molar-refractivity contribution in [3.05, 3.63) is 88.8 Å². The number of phenolic OH excluding ortho intramolecular Hbond substituents is 1. The van der Waals surface area contributed by atoms with Crippen molar-refractivity contribution in [2.45, 2.75) is 0 Å². The van der Waals surface area contributed by atoms with Crippen LogP contribution in [0.2, 0.25) is 10.0 Å². The second-order valence-corrected chi connectivity index (χ2v) is 8.56. The van der Waals surface area contributed by atoms with E-state index in [1.54, 1.807) is 24.3 Å². The molecule has 0 fully saturated rings. The van der Waals surface area contributed by atoms with Crippen molar-refractivity contribution in [1.29, 1.82) is 5.26 Å². The summed E-state index contributed by atoms with van der Waals surface area (Å²) < 4.78 is 11.1. The van der Waals surface area contributed by atoms with Crippen LogP contribution in [0, 0.1) is 21.4 Å². The third kappa shape index (κ3) is 7.07. The predicted octanol–water partition coefficient (Wildman–Crippen LogP) is 7.27. The third-order valence-corrected chi connectivity index (χ3v) is 5.58. The first-order valence-corrected chi connectivity index (χ1v) is 11.0. The highest BCUT2D eigenvalue weighted by Gasteiger charge is 2.22. The van der Waals surface area contributed by atoms with Crippen molar-refractivity contribution in [1.82, 2.24) is 0 Å². The van der Waals surface area contributed by atoms with E-state index in [4.69, 9.17) is 33.2 Å². The molecule has 0 atom stereocenters. The molecule has 1 N–H and O–H groups in total. The van der Waals surface area contributed by atoms with E-state index in [0.717, 1.165) is 13.2 Å². The molecule has 0 unspecified atom stereocenters. The second-order valence-electron chi connectivity index (χ2n) is 6.00. The van der Waals surface area contributed by atoms with E-state index in [-0.39, 0.29) is 27.8 Å². The number of esters is 1. The van der Waals surface area contributed by atoms with Gasteiger partial charge < -0.3 is 14.6 Å². The maximum Gasteiger partial charge on any atom is 0.345 e. The Hall–Kier alpha value is -2.84. The molecule has 8 nitrogen and oxygen atoms in total. The molecule has 0 saturated heterocycles. The number of carbonyl (C=O) groups is 1. The lowest BCUT2D eigenvalue weighted by molar-refractivity contribution is -0.385. The number of hydrogen-bond donors (Lipinski definition) is 1. The highest BCUT2D eigenvalue weighted by atomic mass is 79.9. The van der Waals surface area contributed by atoms with Crippen molar-refractivity contribution >= 4 is 66.7 Å². The number of aromatic hydroxyl groups is 1. The molecule has 33 heavy (non-hydrogen) atoms. The summed E-state index contributed by atoms with van der Waals surface area (Å²) >= 11 is 18.0. The summed E-state index contributed by atoms with van der Waals surface area (Å²) in [5.74, 6) is -0.214. The summed E-state index contributed by atoms with van der Waals surface area (Å²) in [4.78, 5) is 21.9. The van der Waals surface area contributed by atoms with Crippen molar-refractivity contribution in [3.63, 3.8) is 0 Å². The van der Waals surface area contributed by atoms with Gasteiger partial charge in [-0.25, -0.2) is 4.79 Å². The fraction of sp³-hybridized carbons (Fsp3) is 0.0476. The highest BCUT2D eigenvalue weighted by Crippen LogP contribution is 2.34. The zero-order valence-electron chi connectivity index (χ0n) is 16.5. The minimum absolute atomic E-state index is 0.115. The number of benzene rings is 3. The monoisotopic (exact) mass is 616 g/mol. The zero-order valence-corrected chi connectivity index (χ0v) is 21.2. The number of nitrogens with zero attached hydrogens (tertiary/aromatic N) is 2. The Balaban J connectivity index is 0.000000294. The molecule has 0 bridgehead atoms. The number of phenols is 1. The summed E-state index contributed by atoms with van der Waals surface area (Å²) in [6.45, 7) is 0. The molecule has 0 spiro atoms. The average molecular weight is 619 g/mol. The predicted molar refractivity (Wildman–Crippen MR) is 129 cm³/mol. The summed E-state index contributed by atoms with van der Waals surface area (Å²) in [6, 6.07) is 13.4. The van der Waals surface area contributed by atoms with Crippen LogP contribution >= 0.6 is 55.1 Å². The van der Waals surface area contributed by atoms with Crippen molar-refractivity contribution in [2.75, 3.05) is 7.11 Å². The SMILES string of the molecule is COC(=O)c1cc(Oc2ccc(Cl)cc2Cl)ccc1[N+](=O)[O-].N#Cc1cc(Br)c(O)c(Br)c1. The van der Waals surface area contributed by atoms with Gasteiger partial charge in [-0.3, -0.25) is 10.1 Å². The Bertz CT molecular complexity index is 1240. The van der Waals surface area contributed by atoms with Gasteiger partial charge in [0.25, 0.3) is 5.69 Å². The quantitative estimate of drug-likeness (QED) is 0.185. The first-order chi connectivity index (χ1) is 15.6. The van der Waals surface area contributed by atoms with Gasteiger partial charge >= 0.3 is 5.97 Å². The standard InChI is InChI=1S/C14H9Cl2NO5.C7H3Br2NO/c1-21-14(18)10-7-9(3-4-12(10)17(19)20)22-13-5-2-8(15)6-11(13)16;8-5-1-4(3-10)2-6(9)7(5)11/h2-7H,1H3;1-2,11H. The summed E-state index contributed by atoms with van der Waals surface area (Å²) in [5, 5.41) is 29.4. The van der Waals surface area contributed by atoms with E-state index in [9.17, 15) is 20.0 Å². The summed E-state index contributed by atoms with van der Waals surface area (Å²) in [5.41, 5.74) is -0.0851. The Kier molecular flexibility index (Phi) is 9.49. The van der Waals surface area contributed by atoms with Crippen LogP contribution in [-0.2, 0) is 4.74 Å². The number of nitro benzene ring substituents is 1. The Morgan fingerprint density at radius 1 is 1.12 bits per heavy atom. The number of hydrogen-bond acceptors (Lipinski definition) is 7. The van der Waals surface area contributed by atoms with Crippen LogP contribution in [0.15, 0.2) is 57.5 Å². The third-order valence-electron chi connectivity index (χ3n) is 3.84. The molecule has 170 valence electrons. The molecule has 0 heterocycles. The smallest absolute Gasteiger partial charge is 0.345 e. The van der Waals surface area contributed by atoms with Crippen LogP contribution in [0.3, 0.4) is 0 Å². The molecule has 3 rings (SSSR count). The van der Waals surface area contributed by atoms with E-state index >= 15 is 0 Å². The van der Waals surface area contributed by atoms with Gasteiger partial charge in [-0.1, -0.05) is 23.2 Å². The fourth-order valence-corrected chi connectivity index (χ4v) is 3.96. The van der Waals surface area contributed by atoms with Crippen molar-refractivity contribution < 1.29 is 24.3 Å². The molecule has 0 radical (unpaired) electrons. The summed E-state index contributed by atoms with van der Waals surface area (Å²) in [7, 11) is 1.13. The first-order valence-electron chi connectivity index (χ1n) is 8.65. The van der Waals surface area contributed by atoms with Gasteiger partial charge in [-0.15, -0.1) is 0 Å². The number of carbonyl (C=O) groups excluding carboxylic acids is 1. The normalized spacial score (nSPS) is 9.82. The van der Waals surface area contributed by atoms with E-state index in [1.165, 1.54) is 18.2 Å². The summed E-state index contributed by atoms with van der Waals surface area (Å²) in [6.07, 6.45) is 0. The van der Waals surface area contributed by atoms with Crippen LogP contribution < -0.4 is 4.74 Å². The highest BCUT2D eigenvalue weighted by molar-refractivity contribution is 9.11. The molecule has 0 aliphatic heterocycles. The van der Waals surface area contributed by atoms with Crippen molar-refractivity contribution in [2.24, 2.45) is 0 Å². The van der Waals surface area contributed by atoms with Gasteiger partial charge in [-0.2, -0.15) is 5.26 Å². The van der Waals surface area contributed by atoms with Crippen LogP contribution in [-0.4, -0.2) is 23.1 Å². The molecule has 3 aromatic carbocycles. The van der Waals surface area contributed by atoms with E-state index in [2.05, 4.69) is 36.6 Å². The van der Waals surface area contributed by atoms with Gasteiger partial charge in [-0.05, 0) is 68.3 Å². The molecular weight excluding hydrogens is 607 g/mol. The Labute approximate surface area is 214 Å².